The number of allylic oxidation sites excluding steroid dienone is 2. The minimum atomic E-state index is -0.224. The molecule has 1 aromatic carbocycles. The van der Waals surface area contributed by atoms with Crippen molar-refractivity contribution in [2.45, 2.75) is 26.2 Å². The highest BCUT2D eigenvalue weighted by atomic mass is 19.1. The van der Waals surface area contributed by atoms with Crippen LogP contribution in [0.3, 0.4) is 0 Å². The summed E-state index contributed by atoms with van der Waals surface area (Å²) in [7, 11) is 1.73. The van der Waals surface area contributed by atoms with Crippen molar-refractivity contribution in [3.63, 3.8) is 0 Å². The molecule has 1 aromatic heterocycles. The van der Waals surface area contributed by atoms with Gasteiger partial charge in [0.1, 0.15) is 17.3 Å². The predicted molar refractivity (Wildman–Crippen MR) is 97.2 cm³/mol. The molecule has 0 saturated carbocycles. The van der Waals surface area contributed by atoms with Gasteiger partial charge < -0.3 is 5.32 Å². The number of hydrogen-bond acceptors (Lipinski definition) is 4. The van der Waals surface area contributed by atoms with Gasteiger partial charge in [-0.15, -0.1) is 10.2 Å². The Morgan fingerprint density at radius 3 is 2.42 bits per heavy atom. The minimum absolute atomic E-state index is 0.158. The Morgan fingerprint density at radius 2 is 1.88 bits per heavy atom. The number of rotatable bonds is 6. The van der Waals surface area contributed by atoms with Gasteiger partial charge in [0.05, 0.1) is 5.71 Å². The van der Waals surface area contributed by atoms with Gasteiger partial charge in [-0.3, -0.25) is 4.99 Å². The van der Waals surface area contributed by atoms with E-state index in [1.54, 1.807) is 7.05 Å². The number of anilines is 1. The highest BCUT2D eigenvalue weighted by Crippen LogP contribution is 2.23. The van der Waals surface area contributed by atoms with Crippen molar-refractivity contribution in [2.24, 2.45) is 4.99 Å². The number of halogens is 1. The van der Waals surface area contributed by atoms with E-state index in [1.807, 2.05) is 43.3 Å². The summed E-state index contributed by atoms with van der Waals surface area (Å²) in [5.74, 6) is 0.475. The van der Waals surface area contributed by atoms with Crippen LogP contribution in [-0.2, 0) is 5.41 Å². The molecule has 0 aliphatic heterocycles. The quantitative estimate of drug-likeness (QED) is 0.816. The van der Waals surface area contributed by atoms with E-state index in [0.717, 1.165) is 17.0 Å². The largest absolute Gasteiger partial charge is 0.368 e. The first kappa shape index (κ1) is 17.8. The fourth-order valence-electron chi connectivity index (χ4n) is 2.31. The molecule has 0 unspecified atom stereocenters. The zero-order valence-corrected chi connectivity index (χ0v) is 14.5. The number of hydrogen-bond donors (Lipinski definition) is 1. The third-order valence-corrected chi connectivity index (χ3v) is 3.83. The molecule has 126 valence electrons. The average Bonchev–Trinajstić information content (AvgIpc) is 2.59. The van der Waals surface area contributed by atoms with Crippen molar-refractivity contribution in [2.75, 3.05) is 18.9 Å². The van der Waals surface area contributed by atoms with E-state index in [4.69, 9.17) is 0 Å². The second-order valence-electron chi connectivity index (χ2n) is 6.16. The third-order valence-electron chi connectivity index (χ3n) is 3.83. The second kappa shape index (κ2) is 7.81. The molecular weight excluding hydrogens is 303 g/mol. The van der Waals surface area contributed by atoms with Crippen LogP contribution in [0.2, 0.25) is 0 Å². The van der Waals surface area contributed by atoms with Crippen LogP contribution >= 0.6 is 0 Å². The Labute approximate surface area is 142 Å². The Kier molecular flexibility index (Phi) is 5.79. The van der Waals surface area contributed by atoms with Crippen molar-refractivity contribution in [1.82, 2.24) is 10.2 Å². The molecular formula is C19H23FN4. The van der Waals surface area contributed by atoms with Crippen molar-refractivity contribution in [1.29, 1.82) is 0 Å². The van der Waals surface area contributed by atoms with Crippen LogP contribution in [0.15, 0.2) is 53.5 Å². The van der Waals surface area contributed by atoms with Gasteiger partial charge >= 0.3 is 0 Å². The highest BCUT2D eigenvalue weighted by Gasteiger charge is 2.20. The van der Waals surface area contributed by atoms with E-state index >= 15 is 0 Å². The van der Waals surface area contributed by atoms with Crippen LogP contribution in [0.1, 0.15) is 32.0 Å². The van der Waals surface area contributed by atoms with Crippen LogP contribution in [0.25, 0.3) is 0 Å². The second-order valence-corrected chi connectivity index (χ2v) is 6.16. The lowest BCUT2D eigenvalue weighted by Gasteiger charge is -2.25. The van der Waals surface area contributed by atoms with Crippen LogP contribution in [0.4, 0.5) is 10.2 Å². The Bertz CT molecular complexity index is 716. The highest BCUT2D eigenvalue weighted by molar-refractivity contribution is 6.07. The molecule has 0 bridgehead atoms. The zero-order valence-electron chi connectivity index (χ0n) is 14.5. The van der Waals surface area contributed by atoms with E-state index < -0.39 is 0 Å². The Morgan fingerprint density at radius 1 is 1.17 bits per heavy atom. The number of benzene rings is 1. The third kappa shape index (κ3) is 4.47. The van der Waals surface area contributed by atoms with Crippen LogP contribution < -0.4 is 5.32 Å². The Balaban J connectivity index is 2.05. The zero-order chi connectivity index (χ0) is 17.6. The summed E-state index contributed by atoms with van der Waals surface area (Å²) in [5, 5.41) is 11.7. The molecule has 0 aliphatic rings. The molecule has 24 heavy (non-hydrogen) atoms. The van der Waals surface area contributed by atoms with E-state index in [2.05, 4.69) is 34.4 Å². The van der Waals surface area contributed by atoms with E-state index in [0.29, 0.717) is 12.4 Å². The van der Waals surface area contributed by atoms with Gasteiger partial charge in [0.2, 0.25) is 0 Å². The summed E-state index contributed by atoms with van der Waals surface area (Å²) < 4.78 is 13.1. The molecule has 4 nitrogen and oxygen atoms in total. The molecule has 1 N–H and O–H groups in total. The monoisotopic (exact) mass is 326 g/mol. The maximum Gasteiger partial charge on any atom is 0.148 e. The summed E-state index contributed by atoms with van der Waals surface area (Å²) in [6, 6.07) is 10.4. The van der Waals surface area contributed by atoms with Gasteiger partial charge in [-0.1, -0.05) is 32.1 Å². The minimum Gasteiger partial charge on any atom is -0.368 e. The van der Waals surface area contributed by atoms with Gasteiger partial charge in [-0.25, -0.2) is 4.39 Å². The molecule has 1 heterocycles. The predicted octanol–water partition coefficient (Wildman–Crippen LogP) is 4.00. The van der Waals surface area contributed by atoms with Crippen molar-refractivity contribution in [3.8, 4) is 0 Å². The van der Waals surface area contributed by atoms with Crippen LogP contribution in [0.5, 0.6) is 0 Å². The molecule has 0 spiro atoms. The number of nitrogens with zero attached hydrogens (tertiary/aromatic N) is 3. The maximum atomic E-state index is 13.1. The van der Waals surface area contributed by atoms with Gasteiger partial charge in [0, 0.05) is 19.0 Å². The summed E-state index contributed by atoms with van der Waals surface area (Å²) in [6.07, 6.45) is 3.82. The molecule has 0 radical (unpaired) electrons. The normalized spacial score (nSPS) is 12.6. The number of nitrogens with one attached hydrogen (secondary N) is 1. The fourth-order valence-corrected chi connectivity index (χ4v) is 2.31. The molecule has 2 rings (SSSR count). The first-order chi connectivity index (χ1) is 11.5. The topological polar surface area (TPSA) is 50.2 Å². The number of aromatic nitrogens is 2. The first-order valence-electron chi connectivity index (χ1n) is 7.90. The first-order valence-corrected chi connectivity index (χ1v) is 7.90. The van der Waals surface area contributed by atoms with E-state index in [1.165, 1.54) is 12.1 Å². The van der Waals surface area contributed by atoms with Gasteiger partial charge in [-0.05, 0) is 42.8 Å². The molecule has 0 amide bonds. The van der Waals surface area contributed by atoms with Gasteiger partial charge in [0.15, 0.2) is 0 Å². The van der Waals surface area contributed by atoms with Gasteiger partial charge in [-0.2, -0.15) is 0 Å². The Hall–Kier alpha value is -2.56. The number of aliphatic imine (C=N–C) groups is 1. The summed E-state index contributed by atoms with van der Waals surface area (Å²) >= 11 is 0. The lowest BCUT2D eigenvalue weighted by Crippen LogP contribution is -2.28. The smallest absolute Gasteiger partial charge is 0.148 e. The standard InChI is InChI=1S/C19H23FN4/c1-5-6-16(21-4)17-11-12-18(24-23-17)22-13-19(2,3)14-7-9-15(20)10-8-14/h5-12H,13H2,1-4H3,(H,22,24). The van der Waals surface area contributed by atoms with Crippen molar-refractivity contribution in [3.05, 3.63) is 65.6 Å². The summed E-state index contributed by atoms with van der Waals surface area (Å²) in [6.45, 7) is 6.80. The van der Waals surface area contributed by atoms with Gasteiger partial charge in [0.25, 0.3) is 0 Å². The molecule has 5 heteroatoms. The van der Waals surface area contributed by atoms with Crippen LogP contribution in [0, 0.1) is 5.82 Å². The van der Waals surface area contributed by atoms with Crippen molar-refractivity contribution < 1.29 is 4.39 Å². The van der Waals surface area contributed by atoms with E-state index in [-0.39, 0.29) is 11.2 Å². The molecule has 0 saturated heterocycles. The van der Waals surface area contributed by atoms with Crippen molar-refractivity contribution >= 4 is 11.5 Å². The summed E-state index contributed by atoms with van der Waals surface area (Å²) in [4.78, 5) is 4.19. The molecule has 0 aliphatic carbocycles. The molecule has 0 atom stereocenters. The SMILES string of the molecule is CC=CC(=NC)c1ccc(NCC(C)(C)c2ccc(F)cc2)nn1. The summed E-state index contributed by atoms with van der Waals surface area (Å²) in [5.41, 5.74) is 2.44. The lowest BCUT2D eigenvalue weighted by molar-refractivity contribution is 0.552. The molecule has 2 aromatic rings. The average molecular weight is 326 g/mol. The van der Waals surface area contributed by atoms with Crippen LogP contribution in [-0.4, -0.2) is 29.5 Å². The lowest BCUT2D eigenvalue weighted by atomic mass is 9.84. The molecule has 0 fully saturated rings. The maximum absolute atomic E-state index is 13.1. The fraction of sp³-hybridized carbons (Fsp3) is 0.316. The van der Waals surface area contributed by atoms with E-state index in [9.17, 15) is 4.39 Å².